The van der Waals surface area contributed by atoms with Crippen LogP contribution in [0.1, 0.15) is 5.56 Å². The summed E-state index contributed by atoms with van der Waals surface area (Å²) < 4.78 is 15.6. The highest BCUT2D eigenvalue weighted by Crippen LogP contribution is 2.37. The van der Waals surface area contributed by atoms with Crippen LogP contribution in [0.2, 0.25) is 0 Å². The molecule has 104 valence electrons. The topological polar surface area (TPSA) is 74.0 Å². The lowest BCUT2D eigenvalue weighted by molar-refractivity contribution is -0.121. The first kappa shape index (κ1) is 13.6. The summed E-state index contributed by atoms with van der Waals surface area (Å²) in [6.07, 6.45) is 0.481. The maximum absolute atomic E-state index is 12.1. The van der Waals surface area contributed by atoms with Crippen LogP contribution in [0.15, 0.2) is 12.1 Å². The van der Waals surface area contributed by atoms with Gasteiger partial charge in [0.2, 0.25) is 5.91 Å². The zero-order chi connectivity index (χ0) is 14.0. The normalized spacial score (nSPS) is 18.2. The molecule has 1 aromatic carbocycles. The number of carbonyl (C=O) groups excluding carboxylic acids is 1. The average molecular weight is 266 g/mol. The van der Waals surface area contributed by atoms with E-state index in [1.165, 1.54) is 12.0 Å². The minimum Gasteiger partial charge on any atom is -0.493 e. The number of methoxy groups -OCH3 is 3. The Morgan fingerprint density at radius 1 is 1.26 bits per heavy atom. The third-order valence-electron chi connectivity index (χ3n) is 3.16. The first-order valence-corrected chi connectivity index (χ1v) is 5.93. The van der Waals surface area contributed by atoms with Gasteiger partial charge in [0.25, 0.3) is 0 Å². The number of nitrogens with zero attached hydrogens (tertiary/aromatic N) is 1. The van der Waals surface area contributed by atoms with Gasteiger partial charge >= 0.3 is 0 Å². The summed E-state index contributed by atoms with van der Waals surface area (Å²) in [5, 5.41) is 0. The van der Waals surface area contributed by atoms with Gasteiger partial charge < -0.3 is 19.9 Å². The third kappa shape index (κ3) is 2.36. The van der Waals surface area contributed by atoms with Crippen LogP contribution in [0, 0.1) is 0 Å². The second-order valence-electron chi connectivity index (χ2n) is 4.33. The number of anilines is 1. The lowest BCUT2D eigenvalue weighted by Gasteiger charge is -2.32. The van der Waals surface area contributed by atoms with Crippen LogP contribution in [-0.4, -0.2) is 40.0 Å². The van der Waals surface area contributed by atoms with E-state index in [4.69, 9.17) is 19.9 Å². The molecule has 0 saturated heterocycles. The largest absolute Gasteiger partial charge is 0.493 e. The second-order valence-corrected chi connectivity index (χ2v) is 4.33. The van der Waals surface area contributed by atoms with Crippen molar-refractivity contribution in [2.45, 2.75) is 12.5 Å². The number of carbonyl (C=O) groups is 1. The Kier molecular flexibility index (Phi) is 3.92. The summed E-state index contributed by atoms with van der Waals surface area (Å²) in [6, 6.07) is 3.07. The fourth-order valence-electron chi connectivity index (χ4n) is 2.23. The number of fused-ring (bicyclic) bond motifs is 1. The molecule has 0 saturated carbocycles. The van der Waals surface area contributed by atoms with Gasteiger partial charge in [-0.2, -0.15) is 0 Å². The smallest absolute Gasteiger partial charge is 0.246 e. The Hall–Kier alpha value is -1.79. The van der Waals surface area contributed by atoms with Crippen LogP contribution in [0.5, 0.6) is 11.5 Å². The van der Waals surface area contributed by atoms with E-state index in [0.717, 1.165) is 11.3 Å². The standard InChI is InChI=1S/C13H18N2O4/c1-17-7-15-10-6-12(19-3)11(18-2)5-8(10)4-9(14)13(15)16/h5-6,9H,4,7,14H2,1-3H3. The maximum atomic E-state index is 12.1. The molecule has 2 N–H and O–H groups in total. The third-order valence-corrected chi connectivity index (χ3v) is 3.16. The van der Waals surface area contributed by atoms with Crippen molar-refractivity contribution in [3.8, 4) is 11.5 Å². The van der Waals surface area contributed by atoms with Crippen molar-refractivity contribution in [1.82, 2.24) is 0 Å². The fourth-order valence-corrected chi connectivity index (χ4v) is 2.23. The van der Waals surface area contributed by atoms with Crippen LogP contribution in [-0.2, 0) is 16.0 Å². The van der Waals surface area contributed by atoms with E-state index in [9.17, 15) is 4.79 Å². The van der Waals surface area contributed by atoms with Crippen LogP contribution in [0.3, 0.4) is 0 Å². The Morgan fingerprint density at radius 3 is 2.47 bits per heavy atom. The highest BCUT2D eigenvalue weighted by atomic mass is 16.5. The molecule has 19 heavy (non-hydrogen) atoms. The van der Waals surface area contributed by atoms with Crippen molar-refractivity contribution in [2.75, 3.05) is 33.0 Å². The maximum Gasteiger partial charge on any atom is 0.246 e. The highest BCUT2D eigenvalue weighted by molar-refractivity contribution is 6.00. The lowest BCUT2D eigenvalue weighted by Crippen LogP contribution is -2.49. The average Bonchev–Trinajstić information content (AvgIpc) is 2.42. The van der Waals surface area contributed by atoms with Gasteiger partial charge in [-0.3, -0.25) is 9.69 Å². The van der Waals surface area contributed by atoms with Gasteiger partial charge in [0.1, 0.15) is 6.73 Å². The van der Waals surface area contributed by atoms with Gasteiger partial charge in [-0.05, 0) is 18.1 Å². The molecule has 6 nitrogen and oxygen atoms in total. The summed E-state index contributed by atoms with van der Waals surface area (Å²) in [5.74, 6) is 1.05. The zero-order valence-electron chi connectivity index (χ0n) is 11.3. The number of hydrogen-bond acceptors (Lipinski definition) is 5. The predicted molar refractivity (Wildman–Crippen MR) is 70.6 cm³/mol. The van der Waals surface area contributed by atoms with Crippen LogP contribution in [0.25, 0.3) is 0 Å². The van der Waals surface area contributed by atoms with Gasteiger partial charge in [0.15, 0.2) is 11.5 Å². The van der Waals surface area contributed by atoms with E-state index in [0.29, 0.717) is 17.9 Å². The van der Waals surface area contributed by atoms with Crippen LogP contribution in [0.4, 0.5) is 5.69 Å². The molecule has 1 heterocycles. The van der Waals surface area contributed by atoms with E-state index in [1.807, 2.05) is 6.07 Å². The second kappa shape index (κ2) is 5.46. The molecule has 0 spiro atoms. The monoisotopic (exact) mass is 266 g/mol. The van der Waals surface area contributed by atoms with E-state index < -0.39 is 6.04 Å². The van der Waals surface area contributed by atoms with Gasteiger partial charge in [0, 0.05) is 13.2 Å². The van der Waals surface area contributed by atoms with E-state index >= 15 is 0 Å². The van der Waals surface area contributed by atoms with Gasteiger partial charge in [0.05, 0.1) is 25.9 Å². The minimum absolute atomic E-state index is 0.151. The number of rotatable bonds is 4. The molecule has 1 aromatic rings. The molecular weight excluding hydrogens is 248 g/mol. The Labute approximate surface area is 112 Å². The molecule has 0 radical (unpaired) electrons. The first-order valence-electron chi connectivity index (χ1n) is 5.93. The lowest BCUT2D eigenvalue weighted by atomic mass is 9.97. The van der Waals surface area contributed by atoms with Crippen molar-refractivity contribution < 1.29 is 19.0 Å². The quantitative estimate of drug-likeness (QED) is 0.860. The summed E-state index contributed by atoms with van der Waals surface area (Å²) in [6.45, 7) is 0.162. The number of hydrogen-bond donors (Lipinski definition) is 1. The molecule has 6 heteroatoms. The van der Waals surface area contributed by atoms with Crippen molar-refractivity contribution >= 4 is 11.6 Å². The molecule has 0 aromatic heterocycles. The zero-order valence-corrected chi connectivity index (χ0v) is 11.3. The van der Waals surface area contributed by atoms with Crippen LogP contribution >= 0.6 is 0 Å². The SMILES string of the molecule is COCN1C(=O)C(N)Cc2cc(OC)c(OC)cc21. The minimum atomic E-state index is -0.555. The van der Waals surface area contributed by atoms with E-state index in [-0.39, 0.29) is 12.6 Å². The Balaban J connectivity index is 2.51. The van der Waals surface area contributed by atoms with Crippen LogP contribution < -0.4 is 20.1 Å². The predicted octanol–water partition coefficient (Wildman–Crippen LogP) is 0.524. The van der Waals surface area contributed by atoms with Gasteiger partial charge in [-0.25, -0.2) is 0 Å². The number of benzene rings is 1. The van der Waals surface area contributed by atoms with Crippen molar-refractivity contribution in [2.24, 2.45) is 5.73 Å². The summed E-state index contributed by atoms with van der Waals surface area (Å²) >= 11 is 0. The van der Waals surface area contributed by atoms with E-state index in [2.05, 4.69) is 0 Å². The van der Waals surface area contributed by atoms with Crippen molar-refractivity contribution in [3.05, 3.63) is 17.7 Å². The van der Waals surface area contributed by atoms with E-state index in [1.54, 1.807) is 20.3 Å². The Morgan fingerprint density at radius 2 is 1.89 bits per heavy atom. The van der Waals surface area contributed by atoms with Crippen molar-refractivity contribution in [1.29, 1.82) is 0 Å². The molecule has 1 aliphatic heterocycles. The summed E-state index contributed by atoms with van der Waals surface area (Å²) in [5.41, 5.74) is 7.56. The molecule has 0 fully saturated rings. The highest BCUT2D eigenvalue weighted by Gasteiger charge is 2.31. The molecule has 1 unspecified atom stereocenters. The van der Waals surface area contributed by atoms with Gasteiger partial charge in [-0.1, -0.05) is 0 Å². The molecule has 1 aliphatic rings. The van der Waals surface area contributed by atoms with Crippen molar-refractivity contribution in [3.63, 3.8) is 0 Å². The molecule has 1 amide bonds. The summed E-state index contributed by atoms with van der Waals surface area (Å²) in [7, 11) is 4.67. The molecule has 0 bridgehead atoms. The Bertz CT molecular complexity index is 490. The number of amides is 1. The molecule has 1 atom stereocenters. The summed E-state index contributed by atoms with van der Waals surface area (Å²) in [4.78, 5) is 13.6. The molecule has 0 aliphatic carbocycles. The first-order chi connectivity index (χ1) is 9.12. The molecular formula is C13H18N2O4. The fraction of sp³-hybridized carbons (Fsp3) is 0.462. The van der Waals surface area contributed by atoms with Gasteiger partial charge in [-0.15, -0.1) is 0 Å². The molecule has 2 rings (SSSR count). The number of nitrogens with two attached hydrogens (primary N) is 1. The number of ether oxygens (including phenoxy) is 3.